The number of hydrogen-bond donors (Lipinski definition) is 23. The molecule has 1 unspecified atom stereocenters. The van der Waals surface area contributed by atoms with Crippen LogP contribution >= 0.6 is 0 Å². The largest absolute Gasteiger partial charge is 0.394 e. The highest BCUT2D eigenvalue weighted by Gasteiger charge is 2.69. The fourth-order valence-electron chi connectivity index (χ4n) is 10.9. The number of aliphatic hydroxyl groups is 22. The number of hydrogen-bond acceptors (Lipinski definition) is 37. The van der Waals surface area contributed by atoms with Gasteiger partial charge in [-0.15, -0.1) is 0 Å². The molecule has 38 nitrogen and oxygen atoms in total. The zero-order chi connectivity index (χ0) is 60.2. The van der Waals surface area contributed by atoms with Gasteiger partial charge in [0.1, 0.15) is 165 Å². The van der Waals surface area contributed by atoms with Gasteiger partial charge in [-0.05, 0) is 0 Å². The monoisotopic (exact) mass is 1210 g/mol. The Morgan fingerprint density at radius 1 is 0.354 bits per heavy atom. The number of aliphatic hydroxyl groups excluding tert-OH is 20. The molecule has 23 rings (SSSR count). The summed E-state index contributed by atoms with van der Waals surface area (Å²) in [6, 6.07) is 0. The number of rotatable bonds is 10. The predicted octanol–water partition coefficient (Wildman–Crippen LogP) is -16.4. The number of carbonyl (C=O) groups excluding carboxylic acids is 1. The van der Waals surface area contributed by atoms with Gasteiger partial charge in [-0.25, -0.2) is 0 Å². The van der Waals surface area contributed by atoms with Crippen LogP contribution < -0.4 is 5.32 Å². The van der Waals surface area contributed by atoms with E-state index in [0.29, 0.717) is 0 Å². The lowest BCUT2D eigenvalue weighted by Gasteiger charge is -2.55. The van der Waals surface area contributed by atoms with Crippen LogP contribution in [0.15, 0.2) is 0 Å². The van der Waals surface area contributed by atoms with E-state index < -0.39 is 266 Å². The topological polar surface area (TPSA) is 603 Å². The molecule has 0 saturated carbocycles. The van der Waals surface area contributed by atoms with Crippen molar-refractivity contribution in [1.29, 1.82) is 0 Å². The first kappa shape index (κ1) is 66.0. The van der Waals surface area contributed by atoms with Crippen LogP contribution in [0.3, 0.4) is 0 Å². The molecule has 23 heterocycles. The lowest BCUT2D eigenvalue weighted by molar-refractivity contribution is -0.508. The summed E-state index contributed by atoms with van der Waals surface area (Å²) in [6.45, 7) is -7.43. The first-order valence-corrected chi connectivity index (χ1v) is 25.8. The van der Waals surface area contributed by atoms with Gasteiger partial charge in [0, 0.05) is 6.92 Å². The van der Waals surface area contributed by atoms with E-state index in [1.165, 1.54) is 0 Å². The number of nitrogens with one attached hydrogen (secondary N) is 1. The molecule has 0 aromatic carbocycles. The quantitative estimate of drug-likeness (QED) is 0.0903. The minimum Gasteiger partial charge on any atom is -0.394 e. The Hall–Kier alpha value is -1.97. The Kier molecular flexibility index (Phi) is 21.6. The molecule has 0 aliphatic carbocycles. The van der Waals surface area contributed by atoms with Crippen molar-refractivity contribution in [2.75, 3.05) is 46.2 Å². The van der Waals surface area contributed by atoms with E-state index in [9.17, 15) is 117 Å². The van der Waals surface area contributed by atoms with Crippen LogP contribution in [0.25, 0.3) is 0 Å². The van der Waals surface area contributed by atoms with E-state index in [4.69, 9.17) is 66.3 Å². The summed E-state index contributed by atoms with van der Waals surface area (Å²) in [5, 5.41) is 247. The lowest BCUT2D eigenvalue weighted by atomic mass is 9.90. The van der Waals surface area contributed by atoms with Crippen molar-refractivity contribution in [2.45, 2.75) is 221 Å². The van der Waals surface area contributed by atoms with Crippen LogP contribution in [0.5, 0.6) is 0 Å². The van der Waals surface area contributed by atoms with E-state index in [2.05, 4.69) is 0 Å². The van der Waals surface area contributed by atoms with E-state index in [1.54, 1.807) is 5.32 Å². The Bertz CT molecular complexity index is 2050. The second-order valence-electron chi connectivity index (χ2n) is 20.7. The summed E-state index contributed by atoms with van der Waals surface area (Å²) >= 11 is 0. The molecule has 23 fully saturated rings. The summed E-state index contributed by atoms with van der Waals surface area (Å²) in [5.74, 6) is -5.24. The molecule has 0 aromatic rings. The van der Waals surface area contributed by atoms with Gasteiger partial charge in [-0.3, -0.25) is 4.79 Å². The van der Waals surface area contributed by atoms with Gasteiger partial charge >= 0.3 is 5.97 Å². The lowest BCUT2D eigenvalue weighted by Crippen LogP contribution is -2.81. The van der Waals surface area contributed by atoms with E-state index in [0.717, 1.165) is 6.92 Å². The van der Waals surface area contributed by atoms with E-state index >= 15 is 0 Å². The van der Waals surface area contributed by atoms with Gasteiger partial charge in [0.25, 0.3) is 5.72 Å². The standard InChI is InChI=1S/C44H73NO37/c1-9(53)45-43(67)36(66)17(54)10(2-46)81-44(43,68)82-35-28(65)42-74-16(8-52)34(35)80-41-27(64)22(59)32(14(6-50)73-41)78-39-25(62)20(57)30(12(4-48)71-39)76-37-23(60)18(55)29(11(3-47)69-37)75-38-24(61)19(56)31(13(5-49)70-38)77-40-26(63)21(58)33(79-42)15(7-51)72-40/h10-42,46-52,54-68H,2-8H2,1H3,(H,45,53)/t10-,11-,12-,13-,14-,15-,16-,17-,18-,19-,20-,21-,22-,23-,24-,25-,26-,27-,28-,29-,30-,31-,32-,33-,34+,35-,36+,37-,38-,39-,40-,41-,42-,43-,44?/m1/s1. The fourth-order valence-corrected chi connectivity index (χ4v) is 10.9. The summed E-state index contributed by atoms with van der Waals surface area (Å²) in [7, 11) is 0. The third kappa shape index (κ3) is 12.3. The predicted molar refractivity (Wildman–Crippen MR) is 242 cm³/mol. The molecule has 23 N–H and O–H groups in total. The molecule has 23 saturated heterocycles. The highest BCUT2D eigenvalue weighted by Crippen LogP contribution is 2.43. The Balaban J connectivity index is 1.17. The highest BCUT2D eigenvalue weighted by molar-refractivity contribution is 5.73. The summed E-state index contributed by atoms with van der Waals surface area (Å²) in [6.07, 6.45) is -72.0. The van der Waals surface area contributed by atoms with Crippen molar-refractivity contribution in [1.82, 2.24) is 5.32 Å². The first-order valence-electron chi connectivity index (χ1n) is 25.8. The van der Waals surface area contributed by atoms with Crippen molar-refractivity contribution < 1.29 is 183 Å². The van der Waals surface area contributed by atoms with Gasteiger partial charge in [0.05, 0.1) is 46.2 Å². The zero-order valence-corrected chi connectivity index (χ0v) is 43.0. The van der Waals surface area contributed by atoms with Gasteiger partial charge in [-0.1, -0.05) is 0 Å². The second kappa shape index (κ2) is 26.8. The van der Waals surface area contributed by atoms with Crippen molar-refractivity contribution in [3.8, 4) is 0 Å². The molecule has 476 valence electrons. The maximum Gasteiger partial charge on any atom is 0.335 e. The average Bonchev–Trinajstić information content (AvgIpc) is 3.61. The molecule has 12 bridgehead atoms. The van der Waals surface area contributed by atoms with Gasteiger partial charge in [0.2, 0.25) is 5.91 Å². The van der Waals surface area contributed by atoms with Crippen molar-refractivity contribution >= 4 is 5.91 Å². The van der Waals surface area contributed by atoms with E-state index in [1.807, 2.05) is 0 Å². The molecule has 23 aliphatic rings. The third-order valence-corrected chi connectivity index (χ3v) is 15.4. The molecule has 1 amide bonds. The Morgan fingerprint density at radius 2 is 0.598 bits per heavy atom. The van der Waals surface area contributed by atoms with Crippen LogP contribution in [0, 0.1) is 0 Å². The van der Waals surface area contributed by atoms with Gasteiger partial charge < -0.3 is 184 Å². The van der Waals surface area contributed by atoms with Crippen molar-refractivity contribution in [2.24, 2.45) is 0 Å². The first-order chi connectivity index (χ1) is 38.8. The van der Waals surface area contributed by atoms with Crippen molar-refractivity contribution in [3.63, 3.8) is 0 Å². The molecule has 35 atom stereocenters. The summed E-state index contributed by atoms with van der Waals surface area (Å²) in [5.41, 5.74) is -3.71. The van der Waals surface area contributed by atoms with E-state index in [-0.39, 0.29) is 0 Å². The molecule has 82 heavy (non-hydrogen) atoms. The van der Waals surface area contributed by atoms with Crippen LogP contribution in [-0.2, 0) is 71.1 Å². The normalized spacial score (nSPS) is 54.3. The van der Waals surface area contributed by atoms with Crippen molar-refractivity contribution in [3.05, 3.63) is 0 Å². The molecular formula is C44H73NO37. The minimum absolute atomic E-state index is 0.744. The van der Waals surface area contributed by atoms with Crippen LogP contribution in [0.2, 0.25) is 0 Å². The molecule has 0 radical (unpaired) electrons. The zero-order valence-electron chi connectivity index (χ0n) is 43.0. The van der Waals surface area contributed by atoms with Gasteiger partial charge in [0.15, 0.2) is 37.7 Å². The Labute approximate surface area is 461 Å². The molecule has 23 aliphatic heterocycles. The summed E-state index contributed by atoms with van der Waals surface area (Å²) < 4.78 is 79.9. The average molecular weight is 1210 g/mol. The van der Waals surface area contributed by atoms with Gasteiger partial charge in [-0.2, -0.15) is 0 Å². The second-order valence-corrected chi connectivity index (χ2v) is 20.7. The number of amides is 1. The van der Waals surface area contributed by atoms with Crippen LogP contribution in [0.4, 0.5) is 0 Å². The van der Waals surface area contributed by atoms with Crippen LogP contribution in [0.1, 0.15) is 6.92 Å². The fraction of sp³-hybridized carbons (Fsp3) is 0.977. The maximum absolute atomic E-state index is 12.5. The van der Waals surface area contributed by atoms with Crippen LogP contribution in [-0.4, -0.2) is 379 Å². The Morgan fingerprint density at radius 3 is 0.854 bits per heavy atom. The minimum atomic E-state index is -3.98. The third-order valence-electron chi connectivity index (χ3n) is 15.4. The highest BCUT2D eigenvalue weighted by atomic mass is 16.9. The number of carbonyl (C=O) groups is 1. The SMILES string of the molecule is CC(=O)N[C@@]1(O)[C@@H](O)[C@H](O)[C@@H](CO)OC1(O)O[C@@H]1[C@@H](O)[C@H]2O[C@H]3[C@H](O)[C@@H](O)[C@@H](O[C@H]4[C@H](O)[C@@H](O)[C@@H](O[C@H]5[C@H](O)[C@@H](O)[C@@H](O[C@H]6[C@H](O)[C@@H](O)[C@@H](O[C@H]7[C@H](O)[C@@H](O)[C@@H](O[C@H]1[C@@H](CO)O2)O[C@@H]7CO)O[C@@H]6CO)O[C@@H]5CO)O[C@@H]4CO)O[C@@H]3CO. The smallest absolute Gasteiger partial charge is 0.335 e. The molecule has 0 aromatic heterocycles. The molecule has 38 heteroatoms. The summed E-state index contributed by atoms with van der Waals surface area (Å²) in [4.78, 5) is 12.5. The molecule has 0 spiro atoms. The maximum atomic E-state index is 12.5. The molecular weight excluding hydrogens is 1130 g/mol. The number of ether oxygens (including phenoxy) is 14.